The Labute approximate surface area is 108 Å². The van der Waals surface area contributed by atoms with E-state index in [2.05, 4.69) is 15.0 Å². The molecule has 1 aromatic heterocycles. The van der Waals surface area contributed by atoms with Crippen LogP contribution < -0.4 is 5.73 Å². The van der Waals surface area contributed by atoms with Crippen LogP contribution in [0.15, 0.2) is 0 Å². The lowest BCUT2D eigenvalue weighted by Crippen LogP contribution is -2.13. The Balaban J connectivity index is 2.05. The van der Waals surface area contributed by atoms with Gasteiger partial charge in [-0.25, -0.2) is 4.98 Å². The Morgan fingerprint density at radius 3 is 2.67 bits per heavy atom. The summed E-state index contributed by atoms with van der Waals surface area (Å²) in [6.07, 6.45) is 7.97. The molecule has 1 heterocycles. The molecule has 5 nitrogen and oxygen atoms in total. The van der Waals surface area contributed by atoms with E-state index < -0.39 is 0 Å². The minimum atomic E-state index is 0.359. The quantitative estimate of drug-likeness (QED) is 0.810. The van der Waals surface area contributed by atoms with Crippen LogP contribution in [0.1, 0.15) is 56.1 Å². The molecule has 2 N–H and O–H groups in total. The first kappa shape index (κ1) is 13.2. The summed E-state index contributed by atoms with van der Waals surface area (Å²) in [5.41, 5.74) is 5.78. The van der Waals surface area contributed by atoms with Crippen molar-refractivity contribution in [3.8, 4) is 0 Å². The van der Waals surface area contributed by atoms with Crippen molar-refractivity contribution < 1.29 is 4.74 Å². The molecule has 1 fully saturated rings. The molecule has 18 heavy (non-hydrogen) atoms. The van der Waals surface area contributed by atoms with Gasteiger partial charge in [-0.3, -0.25) is 0 Å². The van der Waals surface area contributed by atoms with Crippen LogP contribution in [0.4, 0.5) is 5.95 Å². The van der Waals surface area contributed by atoms with Gasteiger partial charge >= 0.3 is 0 Å². The summed E-state index contributed by atoms with van der Waals surface area (Å²) >= 11 is 0. The number of nitrogen functional groups attached to an aromatic ring is 1. The van der Waals surface area contributed by atoms with E-state index >= 15 is 0 Å². The van der Waals surface area contributed by atoms with Crippen molar-refractivity contribution in [2.45, 2.75) is 50.9 Å². The summed E-state index contributed by atoms with van der Waals surface area (Å²) in [5, 5.41) is 0. The van der Waals surface area contributed by atoms with Crippen LogP contribution in [0.3, 0.4) is 0 Å². The second-order valence-electron chi connectivity index (χ2n) is 4.90. The lowest BCUT2D eigenvalue weighted by molar-refractivity contribution is 0.194. The van der Waals surface area contributed by atoms with Crippen LogP contribution in [0.25, 0.3) is 0 Å². The summed E-state index contributed by atoms with van der Waals surface area (Å²) in [4.78, 5) is 13.1. The Bertz CT molecular complexity index is 377. The molecular weight excluding hydrogens is 228 g/mol. The van der Waals surface area contributed by atoms with E-state index in [0.29, 0.717) is 11.9 Å². The molecule has 0 saturated heterocycles. The predicted octanol–water partition coefficient (Wildman–Crippen LogP) is 2.08. The monoisotopic (exact) mass is 250 g/mol. The first-order chi connectivity index (χ1) is 8.79. The number of nitrogens with two attached hydrogens (primary N) is 1. The number of aryl methyl sites for hydroxylation is 1. The zero-order chi connectivity index (χ0) is 12.8. The summed E-state index contributed by atoms with van der Waals surface area (Å²) in [5.74, 6) is 2.54. The largest absolute Gasteiger partial charge is 0.385 e. The van der Waals surface area contributed by atoms with Crippen LogP contribution >= 0.6 is 0 Å². The summed E-state index contributed by atoms with van der Waals surface area (Å²) in [6.45, 7) is 0.727. The van der Waals surface area contributed by atoms with Gasteiger partial charge in [0.1, 0.15) is 11.6 Å². The van der Waals surface area contributed by atoms with Gasteiger partial charge in [-0.15, -0.1) is 0 Å². The lowest BCUT2D eigenvalue weighted by atomic mass is 9.89. The molecule has 0 radical (unpaired) electrons. The van der Waals surface area contributed by atoms with Gasteiger partial charge in [-0.05, 0) is 19.3 Å². The highest BCUT2D eigenvalue weighted by atomic mass is 16.5. The minimum Gasteiger partial charge on any atom is -0.385 e. The molecule has 2 rings (SSSR count). The fourth-order valence-corrected chi connectivity index (χ4v) is 2.49. The molecule has 0 aliphatic heterocycles. The predicted molar refractivity (Wildman–Crippen MR) is 70.3 cm³/mol. The number of hydrogen-bond acceptors (Lipinski definition) is 5. The Morgan fingerprint density at radius 2 is 1.94 bits per heavy atom. The standard InChI is InChI=1S/C13H22N4O/c1-18-9-5-8-11-15-12(17-13(14)16-11)10-6-3-2-4-7-10/h10H,2-9H2,1H3,(H2,14,15,16,17). The van der Waals surface area contributed by atoms with Crippen molar-refractivity contribution >= 4 is 5.95 Å². The van der Waals surface area contributed by atoms with Gasteiger partial charge in [0.2, 0.25) is 5.95 Å². The molecule has 100 valence electrons. The van der Waals surface area contributed by atoms with E-state index in [1.807, 2.05) is 0 Å². The third-order valence-electron chi connectivity index (χ3n) is 3.44. The van der Waals surface area contributed by atoms with Crippen LogP contribution in [-0.2, 0) is 11.2 Å². The van der Waals surface area contributed by atoms with Gasteiger partial charge in [-0.1, -0.05) is 19.3 Å². The third-order valence-corrected chi connectivity index (χ3v) is 3.44. The molecule has 5 heteroatoms. The average Bonchev–Trinajstić information content (AvgIpc) is 2.39. The van der Waals surface area contributed by atoms with E-state index in [1.54, 1.807) is 7.11 Å². The number of aromatic nitrogens is 3. The average molecular weight is 250 g/mol. The van der Waals surface area contributed by atoms with Crippen molar-refractivity contribution in [3.63, 3.8) is 0 Å². The molecule has 0 atom stereocenters. The third kappa shape index (κ3) is 3.63. The number of methoxy groups -OCH3 is 1. The highest BCUT2D eigenvalue weighted by Crippen LogP contribution is 2.30. The van der Waals surface area contributed by atoms with Crippen molar-refractivity contribution in [1.82, 2.24) is 15.0 Å². The summed E-state index contributed by atoms with van der Waals surface area (Å²) in [7, 11) is 1.70. The zero-order valence-electron chi connectivity index (χ0n) is 11.1. The van der Waals surface area contributed by atoms with Crippen LogP contribution in [-0.4, -0.2) is 28.7 Å². The van der Waals surface area contributed by atoms with Crippen LogP contribution in [0.2, 0.25) is 0 Å². The molecule has 1 aliphatic carbocycles. The first-order valence-corrected chi connectivity index (χ1v) is 6.79. The van der Waals surface area contributed by atoms with Crippen molar-refractivity contribution in [1.29, 1.82) is 0 Å². The Kier molecular flexibility index (Phi) is 4.87. The Morgan fingerprint density at radius 1 is 1.17 bits per heavy atom. The maximum Gasteiger partial charge on any atom is 0.223 e. The van der Waals surface area contributed by atoms with Gasteiger partial charge in [0.25, 0.3) is 0 Å². The summed E-state index contributed by atoms with van der Waals surface area (Å²) in [6, 6.07) is 0. The fourth-order valence-electron chi connectivity index (χ4n) is 2.49. The number of rotatable bonds is 5. The minimum absolute atomic E-state index is 0.359. The molecule has 1 aromatic rings. The number of nitrogens with zero attached hydrogens (tertiary/aromatic N) is 3. The molecule has 0 spiro atoms. The second-order valence-corrected chi connectivity index (χ2v) is 4.90. The molecule has 0 unspecified atom stereocenters. The van der Waals surface area contributed by atoms with E-state index in [-0.39, 0.29) is 0 Å². The SMILES string of the molecule is COCCCc1nc(N)nc(C2CCCCC2)n1. The van der Waals surface area contributed by atoms with Gasteiger partial charge in [0, 0.05) is 26.1 Å². The molecule has 0 aromatic carbocycles. The van der Waals surface area contributed by atoms with Gasteiger partial charge in [0.05, 0.1) is 0 Å². The maximum absolute atomic E-state index is 5.78. The lowest BCUT2D eigenvalue weighted by Gasteiger charge is -2.20. The number of hydrogen-bond donors (Lipinski definition) is 1. The van der Waals surface area contributed by atoms with Crippen LogP contribution in [0.5, 0.6) is 0 Å². The molecule has 0 bridgehead atoms. The smallest absolute Gasteiger partial charge is 0.223 e. The maximum atomic E-state index is 5.78. The topological polar surface area (TPSA) is 73.9 Å². The van der Waals surface area contributed by atoms with E-state index in [4.69, 9.17) is 10.5 Å². The van der Waals surface area contributed by atoms with E-state index in [9.17, 15) is 0 Å². The molecular formula is C13H22N4O. The van der Waals surface area contributed by atoms with Gasteiger partial charge < -0.3 is 10.5 Å². The van der Waals surface area contributed by atoms with Crippen molar-refractivity contribution in [2.75, 3.05) is 19.5 Å². The fraction of sp³-hybridized carbons (Fsp3) is 0.769. The van der Waals surface area contributed by atoms with Crippen LogP contribution in [0, 0.1) is 0 Å². The van der Waals surface area contributed by atoms with Gasteiger partial charge in [-0.2, -0.15) is 9.97 Å². The number of anilines is 1. The van der Waals surface area contributed by atoms with Gasteiger partial charge in [0.15, 0.2) is 0 Å². The first-order valence-electron chi connectivity index (χ1n) is 6.79. The normalized spacial score (nSPS) is 16.9. The molecule has 1 saturated carbocycles. The van der Waals surface area contributed by atoms with Crippen molar-refractivity contribution in [3.05, 3.63) is 11.6 Å². The second kappa shape index (κ2) is 6.64. The van der Waals surface area contributed by atoms with E-state index in [0.717, 1.165) is 31.1 Å². The molecule has 1 aliphatic rings. The molecule has 0 amide bonds. The number of ether oxygens (including phenoxy) is 1. The Hall–Kier alpha value is -1.23. The summed E-state index contributed by atoms with van der Waals surface area (Å²) < 4.78 is 5.04. The highest BCUT2D eigenvalue weighted by Gasteiger charge is 2.19. The highest BCUT2D eigenvalue weighted by molar-refractivity contribution is 5.17. The van der Waals surface area contributed by atoms with E-state index in [1.165, 1.54) is 32.1 Å². The zero-order valence-corrected chi connectivity index (χ0v) is 11.1. The van der Waals surface area contributed by atoms with Crippen molar-refractivity contribution in [2.24, 2.45) is 0 Å².